The Morgan fingerprint density at radius 3 is 1.64 bits per heavy atom. The minimum absolute atomic E-state index is 1.06. The fourth-order valence-electron chi connectivity index (χ4n) is 0.612. The molecule has 0 N–H and O–H groups in total. The first-order valence-corrected chi connectivity index (χ1v) is 4.92. The first kappa shape index (κ1) is 13.3. The SMILES string of the molecule is C=CCC.CC.CC1CCC1. The van der Waals surface area contributed by atoms with Crippen LogP contribution in [-0.4, -0.2) is 0 Å². The van der Waals surface area contributed by atoms with E-state index in [0.29, 0.717) is 0 Å². The third kappa shape index (κ3) is 12.8. The molecule has 0 aromatic heterocycles. The van der Waals surface area contributed by atoms with Gasteiger partial charge in [-0.1, -0.05) is 53.0 Å². The molecule has 0 nitrogen and oxygen atoms in total. The van der Waals surface area contributed by atoms with Crippen LogP contribution in [0.2, 0.25) is 0 Å². The van der Waals surface area contributed by atoms with Crippen molar-refractivity contribution in [3.05, 3.63) is 12.7 Å². The first-order chi connectivity index (χ1) is 5.31. The van der Waals surface area contributed by atoms with Gasteiger partial charge in [0, 0.05) is 0 Å². The Bertz CT molecular complexity index is 60.4. The molecule has 0 aliphatic heterocycles. The first-order valence-electron chi connectivity index (χ1n) is 4.92. The molecule has 11 heavy (non-hydrogen) atoms. The van der Waals surface area contributed by atoms with Crippen molar-refractivity contribution in [1.82, 2.24) is 0 Å². The summed E-state index contributed by atoms with van der Waals surface area (Å²) in [5.41, 5.74) is 0. The maximum atomic E-state index is 3.48. The fourth-order valence-corrected chi connectivity index (χ4v) is 0.612. The molecule has 68 valence electrons. The van der Waals surface area contributed by atoms with E-state index in [9.17, 15) is 0 Å². The van der Waals surface area contributed by atoms with Gasteiger partial charge in [0.15, 0.2) is 0 Å². The molecule has 0 bridgehead atoms. The molecule has 1 rings (SSSR count). The predicted molar refractivity (Wildman–Crippen MR) is 54.9 cm³/mol. The lowest BCUT2D eigenvalue weighted by atomic mass is 9.88. The highest BCUT2D eigenvalue weighted by molar-refractivity contribution is 4.62. The van der Waals surface area contributed by atoms with Crippen LogP contribution in [0.5, 0.6) is 0 Å². The summed E-state index contributed by atoms with van der Waals surface area (Å²) < 4.78 is 0. The summed E-state index contributed by atoms with van der Waals surface area (Å²) >= 11 is 0. The van der Waals surface area contributed by atoms with Crippen LogP contribution in [-0.2, 0) is 0 Å². The van der Waals surface area contributed by atoms with Crippen LogP contribution in [0.1, 0.15) is 53.4 Å². The highest BCUT2D eigenvalue weighted by Crippen LogP contribution is 2.24. The topological polar surface area (TPSA) is 0 Å². The zero-order chi connectivity index (χ0) is 9.11. The minimum Gasteiger partial charge on any atom is -0.103 e. The Kier molecular flexibility index (Phi) is 15.1. The Hall–Kier alpha value is -0.260. The van der Waals surface area contributed by atoms with Gasteiger partial charge < -0.3 is 0 Å². The lowest BCUT2D eigenvalue weighted by molar-refractivity contribution is 0.346. The van der Waals surface area contributed by atoms with Crippen LogP contribution in [0, 0.1) is 5.92 Å². The molecule has 0 radical (unpaired) electrons. The largest absolute Gasteiger partial charge is 0.103 e. The lowest BCUT2D eigenvalue weighted by Crippen LogP contribution is -2.04. The summed E-state index contributed by atoms with van der Waals surface area (Å²) in [6.45, 7) is 11.9. The van der Waals surface area contributed by atoms with Gasteiger partial charge in [-0.2, -0.15) is 0 Å². The Morgan fingerprint density at radius 2 is 1.64 bits per heavy atom. The molecule has 1 fully saturated rings. The number of allylic oxidation sites excluding steroid dienone is 1. The second-order valence-corrected chi connectivity index (χ2v) is 2.73. The zero-order valence-electron chi connectivity index (χ0n) is 8.69. The van der Waals surface area contributed by atoms with E-state index >= 15 is 0 Å². The van der Waals surface area contributed by atoms with Crippen molar-refractivity contribution in [2.24, 2.45) is 5.92 Å². The number of rotatable bonds is 1. The smallest absolute Gasteiger partial charge is 0.0382 e. The van der Waals surface area contributed by atoms with Crippen LogP contribution in [0.25, 0.3) is 0 Å². The minimum atomic E-state index is 1.06. The molecular weight excluding hydrogens is 132 g/mol. The molecule has 0 spiro atoms. The number of hydrogen-bond donors (Lipinski definition) is 0. The Labute approximate surface area is 72.7 Å². The predicted octanol–water partition coefficient (Wildman–Crippen LogP) is 4.42. The molecule has 0 saturated heterocycles. The van der Waals surface area contributed by atoms with Gasteiger partial charge in [-0.05, 0) is 12.3 Å². The van der Waals surface area contributed by atoms with Crippen LogP contribution in [0.4, 0.5) is 0 Å². The molecule has 0 aromatic rings. The van der Waals surface area contributed by atoms with Gasteiger partial charge in [0.2, 0.25) is 0 Å². The zero-order valence-corrected chi connectivity index (χ0v) is 8.69. The van der Waals surface area contributed by atoms with Crippen molar-refractivity contribution >= 4 is 0 Å². The molecule has 1 aliphatic rings. The van der Waals surface area contributed by atoms with E-state index < -0.39 is 0 Å². The van der Waals surface area contributed by atoms with Gasteiger partial charge in [-0.25, -0.2) is 0 Å². The van der Waals surface area contributed by atoms with E-state index in [1.165, 1.54) is 19.3 Å². The summed E-state index contributed by atoms with van der Waals surface area (Å²) in [7, 11) is 0. The van der Waals surface area contributed by atoms with Crippen molar-refractivity contribution in [1.29, 1.82) is 0 Å². The third-order valence-corrected chi connectivity index (χ3v) is 1.68. The molecule has 0 aromatic carbocycles. The lowest BCUT2D eigenvalue weighted by Gasteiger charge is -2.18. The van der Waals surface area contributed by atoms with E-state index in [-0.39, 0.29) is 0 Å². The van der Waals surface area contributed by atoms with Gasteiger partial charge in [0.1, 0.15) is 0 Å². The maximum Gasteiger partial charge on any atom is -0.0382 e. The maximum absolute atomic E-state index is 3.48. The standard InChI is InChI=1S/C5H10.C4H8.C2H6/c1-5-3-2-4-5;1-3-4-2;1-2/h5H,2-4H2,1H3;3H,1,4H2,2H3;1-2H3. The summed E-state index contributed by atoms with van der Waals surface area (Å²) in [6, 6.07) is 0. The average Bonchev–Trinajstić information content (AvgIpc) is 2.05. The van der Waals surface area contributed by atoms with Gasteiger partial charge in [0.05, 0.1) is 0 Å². The van der Waals surface area contributed by atoms with Crippen LogP contribution < -0.4 is 0 Å². The van der Waals surface area contributed by atoms with E-state index in [2.05, 4.69) is 20.4 Å². The van der Waals surface area contributed by atoms with Crippen molar-refractivity contribution in [2.75, 3.05) is 0 Å². The van der Waals surface area contributed by atoms with Gasteiger partial charge in [-0.3, -0.25) is 0 Å². The summed E-state index contributed by atoms with van der Waals surface area (Å²) in [6.07, 6.45) is 7.42. The summed E-state index contributed by atoms with van der Waals surface area (Å²) in [5, 5.41) is 0. The molecule has 0 amide bonds. The molecule has 1 aliphatic carbocycles. The van der Waals surface area contributed by atoms with E-state index in [0.717, 1.165) is 12.3 Å². The molecule has 0 heterocycles. The summed E-state index contributed by atoms with van der Waals surface area (Å²) in [4.78, 5) is 0. The third-order valence-electron chi connectivity index (χ3n) is 1.68. The van der Waals surface area contributed by atoms with E-state index in [1.54, 1.807) is 0 Å². The molecule has 0 atom stereocenters. The second kappa shape index (κ2) is 12.4. The molecular formula is C11H24. The van der Waals surface area contributed by atoms with Gasteiger partial charge in [-0.15, -0.1) is 6.58 Å². The second-order valence-electron chi connectivity index (χ2n) is 2.73. The molecule has 0 unspecified atom stereocenters. The van der Waals surface area contributed by atoms with Crippen molar-refractivity contribution in [2.45, 2.75) is 53.4 Å². The van der Waals surface area contributed by atoms with Gasteiger partial charge >= 0.3 is 0 Å². The molecule has 1 saturated carbocycles. The summed E-state index contributed by atoms with van der Waals surface area (Å²) in [5.74, 6) is 1.06. The Morgan fingerprint density at radius 1 is 1.36 bits per heavy atom. The van der Waals surface area contributed by atoms with Gasteiger partial charge in [0.25, 0.3) is 0 Å². The van der Waals surface area contributed by atoms with E-state index in [1.807, 2.05) is 19.9 Å². The average molecular weight is 156 g/mol. The van der Waals surface area contributed by atoms with Crippen LogP contribution in [0.15, 0.2) is 12.7 Å². The van der Waals surface area contributed by atoms with Crippen molar-refractivity contribution < 1.29 is 0 Å². The Balaban J connectivity index is 0. The van der Waals surface area contributed by atoms with Crippen LogP contribution in [0.3, 0.4) is 0 Å². The quantitative estimate of drug-likeness (QED) is 0.493. The van der Waals surface area contributed by atoms with Crippen molar-refractivity contribution in [3.8, 4) is 0 Å². The van der Waals surface area contributed by atoms with E-state index in [4.69, 9.17) is 0 Å². The normalized spacial score (nSPS) is 14.5. The number of hydrogen-bond acceptors (Lipinski definition) is 0. The highest BCUT2D eigenvalue weighted by atomic mass is 14.1. The molecule has 0 heteroatoms. The monoisotopic (exact) mass is 156 g/mol. The van der Waals surface area contributed by atoms with Crippen molar-refractivity contribution in [3.63, 3.8) is 0 Å². The van der Waals surface area contributed by atoms with Crippen LogP contribution >= 0.6 is 0 Å². The highest BCUT2D eigenvalue weighted by Gasteiger charge is 2.09. The fraction of sp³-hybridized carbons (Fsp3) is 0.818.